The Morgan fingerprint density at radius 1 is 1.20 bits per heavy atom. The van der Waals surface area contributed by atoms with Crippen molar-refractivity contribution in [2.45, 2.75) is 6.42 Å². The first-order valence-electron chi connectivity index (χ1n) is 8.00. The number of methoxy groups -OCH3 is 1. The van der Waals surface area contributed by atoms with Crippen molar-refractivity contribution in [2.24, 2.45) is 0 Å². The number of ether oxygens (including phenoxy) is 2. The zero-order chi connectivity index (χ0) is 17.2. The van der Waals surface area contributed by atoms with Crippen LogP contribution < -0.4 is 14.8 Å². The smallest absolute Gasteiger partial charge is 0.273 e. The second-order valence-electron chi connectivity index (χ2n) is 5.77. The molecule has 0 radical (unpaired) electrons. The number of rotatable bonds is 4. The van der Waals surface area contributed by atoms with Gasteiger partial charge in [0.15, 0.2) is 0 Å². The van der Waals surface area contributed by atoms with E-state index in [0.717, 1.165) is 35.8 Å². The van der Waals surface area contributed by atoms with Crippen LogP contribution in [0.3, 0.4) is 0 Å². The molecule has 0 unspecified atom stereocenters. The Balaban J connectivity index is 1.51. The first-order valence-corrected chi connectivity index (χ1v) is 8.00. The summed E-state index contributed by atoms with van der Waals surface area (Å²) in [6.07, 6.45) is 0.901. The van der Waals surface area contributed by atoms with Crippen LogP contribution in [0.4, 0.5) is 5.69 Å². The molecule has 2 heterocycles. The molecule has 1 aliphatic heterocycles. The SMILES string of the molecule is COc1ccc(NC(=O)c2cc(-c3ccc4c(c3)CCO4)n[nH]2)cc1. The third-order valence-corrected chi connectivity index (χ3v) is 4.16. The van der Waals surface area contributed by atoms with Gasteiger partial charge >= 0.3 is 0 Å². The number of carbonyl (C=O) groups excluding carboxylic acids is 1. The number of hydrogen-bond donors (Lipinski definition) is 2. The van der Waals surface area contributed by atoms with Gasteiger partial charge in [-0.25, -0.2) is 0 Å². The minimum absolute atomic E-state index is 0.242. The number of nitrogens with zero attached hydrogens (tertiary/aromatic N) is 1. The monoisotopic (exact) mass is 335 g/mol. The largest absolute Gasteiger partial charge is 0.497 e. The topological polar surface area (TPSA) is 76.2 Å². The molecule has 3 aromatic rings. The van der Waals surface area contributed by atoms with Gasteiger partial charge in [-0.15, -0.1) is 0 Å². The molecule has 126 valence electrons. The van der Waals surface area contributed by atoms with Crippen molar-refractivity contribution in [3.8, 4) is 22.8 Å². The van der Waals surface area contributed by atoms with Gasteiger partial charge < -0.3 is 14.8 Å². The third-order valence-electron chi connectivity index (χ3n) is 4.16. The van der Waals surface area contributed by atoms with E-state index in [1.54, 1.807) is 37.4 Å². The number of H-pyrrole nitrogens is 1. The zero-order valence-electron chi connectivity index (χ0n) is 13.7. The molecule has 25 heavy (non-hydrogen) atoms. The Kier molecular flexibility index (Phi) is 3.85. The fourth-order valence-electron chi connectivity index (χ4n) is 2.80. The maximum atomic E-state index is 12.4. The van der Waals surface area contributed by atoms with Crippen molar-refractivity contribution in [2.75, 3.05) is 19.0 Å². The van der Waals surface area contributed by atoms with E-state index in [-0.39, 0.29) is 5.91 Å². The predicted molar refractivity (Wildman–Crippen MR) is 94.2 cm³/mol. The Labute approximate surface area is 144 Å². The number of anilines is 1. The second-order valence-corrected chi connectivity index (χ2v) is 5.77. The highest BCUT2D eigenvalue weighted by molar-refractivity contribution is 6.03. The highest BCUT2D eigenvalue weighted by atomic mass is 16.5. The summed E-state index contributed by atoms with van der Waals surface area (Å²) in [5.41, 5.74) is 3.96. The lowest BCUT2D eigenvalue weighted by Gasteiger charge is -2.04. The lowest BCUT2D eigenvalue weighted by Crippen LogP contribution is -2.12. The van der Waals surface area contributed by atoms with Crippen LogP contribution in [0.1, 0.15) is 16.1 Å². The minimum atomic E-state index is -0.242. The fourth-order valence-corrected chi connectivity index (χ4v) is 2.80. The van der Waals surface area contributed by atoms with Crippen LogP contribution in [0.15, 0.2) is 48.5 Å². The molecule has 0 saturated carbocycles. The van der Waals surface area contributed by atoms with Crippen LogP contribution in [0, 0.1) is 0 Å². The van der Waals surface area contributed by atoms with Crippen molar-refractivity contribution in [3.05, 3.63) is 59.8 Å². The van der Waals surface area contributed by atoms with Gasteiger partial charge in [0.05, 0.1) is 19.4 Å². The van der Waals surface area contributed by atoms with Crippen LogP contribution in [0.25, 0.3) is 11.3 Å². The molecule has 1 aliphatic rings. The molecular formula is C19H17N3O3. The number of amides is 1. The average Bonchev–Trinajstić information content (AvgIpc) is 3.31. The number of hydrogen-bond acceptors (Lipinski definition) is 4. The van der Waals surface area contributed by atoms with Crippen LogP contribution in [-0.2, 0) is 6.42 Å². The van der Waals surface area contributed by atoms with E-state index >= 15 is 0 Å². The van der Waals surface area contributed by atoms with E-state index in [0.29, 0.717) is 11.4 Å². The van der Waals surface area contributed by atoms with Crippen molar-refractivity contribution < 1.29 is 14.3 Å². The van der Waals surface area contributed by atoms with E-state index in [9.17, 15) is 4.79 Å². The summed E-state index contributed by atoms with van der Waals surface area (Å²) < 4.78 is 10.6. The van der Waals surface area contributed by atoms with E-state index in [1.807, 2.05) is 12.1 Å². The molecule has 2 aromatic carbocycles. The molecule has 1 amide bonds. The van der Waals surface area contributed by atoms with E-state index in [4.69, 9.17) is 9.47 Å². The number of aromatic amines is 1. The number of fused-ring (bicyclic) bond motifs is 1. The average molecular weight is 335 g/mol. The summed E-state index contributed by atoms with van der Waals surface area (Å²) >= 11 is 0. The summed E-state index contributed by atoms with van der Waals surface area (Å²) in [6, 6.07) is 14.9. The molecule has 0 aliphatic carbocycles. The maximum Gasteiger partial charge on any atom is 0.273 e. The van der Waals surface area contributed by atoms with Gasteiger partial charge in [-0.05, 0) is 54.1 Å². The number of aromatic nitrogens is 2. The number of benzene rings is 2. The van der Waals surface area contributed by atoms with Crippen LogP contribution in [0.5, 0.6) is 11.5 Å². The fraction of sp³-hybridized carbons (Fsp3) is 0.158. The molecular weight excluding hydrogens is 318 g/mol. The standard InChI is InChI=1S/C19H17N3O3/c1-24-15-5-3-14(4-6-15)20-19(23)17-11-16(21-22-17)12-2-7-18-13(10-12)8-9-25-18/h2-7,10-11H,8-9H2,1H3,(H,20,23)(H,21,22). The van der Waals surface area contributed by atoms with Crippen molar-refractivity contribution in [1.29, 1.82) is 0 Å². The van der Waals surface area contributed by atoms with Gasteiger partial charge in [-0.3, -0.25) is 9.89 Å². The highest BCUT2D eigenvalue weighted by Crippen LogP contribution is 2.30. The second kappa shape index (κ2) is 6.32. The van der Waals surface area contributed by atoms with Gasteiger partial charge in [-0.1, -0.05) is 0 Å². The highest BCUT2D eigenvalue weighted by Gasteiger charge is 2.15. The van der Waals surface area contributed by atoms with Crippen molar-refractivity contribution >= 4 is 11.6 Å². The third kappa shape index (κ3) is 3.06. The van der Waals surface area contributed by atoms with E-state index in [1.165, 1.54) is 5.56 Å². The summed E-state index contributed by atoms with van der Waals surface area (Å²) in [4.78, 5) is 12.4. The maximum absolute atomic E-state index is 12.4. The molecule has 0 atom stereocenters. The number of carbonyl (C=O) groups is 1. The lowest BCUT2D eigenvalue weighted by atomic mass is 10.1. The van der Waals surface area contributed by atoms with Crippen LogP contribution in [-0.4, -0.2) is 29.8 Å². The van der Waals surface area contributed by atoms with Gasteiger partial charge in [-0.2, -0.15) is 5.10 Å². The Morgan fingerprint density at radius 2 is 2.04 bits per heavy atom. The van der Waals surface area contributed by atoms with Crippen LogP contribution >= 0.6 is 0 Å². The minimum Gasteiger partial charge on any atom is -0.497 e. The van der Waals surface area contributed by atoms with Gasteiger partial charge in [0.1, 0.15) is 17.2 Å². The molecule has 0 fully saturated rings. The summed E-state index contributed by atoms with van der Waals surface area (Å²) in [5.74, 6) is 1.42. The van der Waals surface area contributed by atoms with E-state index < -0.39 is 0 Å². The van der Waals surface area contributed by atoms with Crippen LogP contribution in [0.2, 0.25) is 0 Å². The Hall–Kier alpha value is -3.28. The molecule has 0 bridgehead atoms. The predicted octanol–water partition coefficient (Wildman–Crippen LogP) is 3.27. The number of nitrogens with one attached hydrogen (secondary N) is 2. The van der Waals surface area contributed by atoms with E-state index in [2.05, 4.69) is 21.6 Å². The Bertz CT molecular complexity index is 916. The van der Waals surface area contributed by atoms with Gasteiger partial charge in [0.2, 0.25) is 0 Å². The van der Waals surface area contributed by atoms with Crippen molar-refractivity contribution in [3.63, 3.8) is 0 Å². The first-order chi connectivity index (χ1) is 12.2. The molecule has 0 spiro atoms. The van der Waals surface area contributed by atoms with Crippen molar-refractivity contribution in [1.82, 2.24) is 10.2 Å². The molecule has 6 nitrogen and oxygen atoms in total. The summed E-state index contributed by atoms with van der Waals surface area (Å²) in [6.45, 7) is 0.717. The zero-order valence-corrected chi connectivity index (χ0v) is 13.7. The molecule has 1 aromatic heterocycles. The summed E-state index contributed by atoms with van der Waals surface area (Å²) in [5, 5.41) is 9.88. The lowest BCUT2D eigenvalue weighted by molar-refractivity contribution is 0.102. The Morgan fingerprint density at radius 3 is 2.84 bits per heavy atom. The first kappa shape index (κ1) is 15.3. The quantitative estimate of drug-likeness (QED) is 0.767. The molecule has 2 N–H and O–H groups in total. The normalized spacial score (nSPS) is 12.4. The molecule has 0 saturated heterocycles. The molecule has 6 heteroatoms. The molecule has 4 rings (SSSR count). The van der Waals surface area contributed by atoms with Gasteiger partial charge in [0.25, 0.3) is 5.91 Å². The summed E-state index contributed by atoms with van der Waals surface area (Å²) in [7, 11) is 1.60. The van der Waals surface area contributed by atoms with Gasteiger partial charge in [0, 0.05) is 17.7 Å².